The Morgan fingerprint density at radius 1 is 1.06 bits per heavy atom. The maximum atomic E-state index is 10.0. The first-order chi connectivity index (χ1) is 7.49. The molecule has 3 atom stereocenters. The molecule has 0 spiro atoms. The predicted octanol–water partition coefficient (Wildman–Crippen LogP) is -3.39. The normalized spacial score (nSPS) is 16.4. The van der Waals surface area contributed by atoms with E-state index in [9.17, 15) is 4.79 Å². The predicted molar refractivity (Wildman–Crippen MR) is 51.6 cm³/mol. The van der Waals surface area contributed by atoms with Gasteiger partial charge in [-0.2, -0.15) is 0 Å². The molecule has 0 aromatic carbocycles. The van der Waals surface area contributed by atoms with Crippen LogP contribution >= 0.6 is 7.82 Å². The highest BCUT2D eigenvalue weighted by Gasteiger charge is 2.23. The summed E-state index contributed by atoms with van der Waals surface area (Å²) in [6.45, 7) is -0.673. The fourth-order valence-corrected chi connectivity index (χ4v) is 0.608. The van der Waals surface area contributed by atoms with Crippen molar-refractivity contribution >= 4 is 13.8 Å². The molecule has 0 heterocycles. The smallest absolute Gasteiger partial charge is 0.466 e. The van der Waals surface area contributed by atoms with Crippen LogP contribution in [0.25, 0.3) is 0 Å². The van der Waals surface area contributed by atoms with Gasteiger partial charge in [0.15, 0.2) is 6.10 Å². The fourth-order valence-electron chi connectivity index (χ4n) is 0.608. The molecule has 0 aliphatic heterocycles. The van der Waals surface area contributed by atoms with E-state index >= 15 is 0 Å². The average molecular weight is 278 g/mol. The van der Waals surface area contributed by atoms with Crippen molar-refractivity contribution in [3.63, 3.8) is 0 Å². The molecule has 8 N–H and O–H groups in total. The van der Waals surface area contributed by atoms with Crippen molar-refractivity contribution in [3.8, 4) is 0 Å². The number of hydrogen-bond acceptors (Lipinski definition) is 6. The van der Waals surface area contributed by atoms with Crippen LogP contribution in [0.2, 0.25) is 0 Å². The van der Waals surface area contributed by atoms with Crippen molar-refractivity contribution in [1.82, 2.24) is 0 Å². The van der Waals surface area contributed by atoms with Gasteiger partial charge in [-0.25, -0.2) is 9.36 Å². The molecule has 0 saturated heterocycles. The lowest BCUT2D eigenvalue weighted by Crippen LogP contribution is -2.35. The molecule has 11 heteroatoms. The molecule has 10 nitrogen and oxygen atoms in total. The number of rotatable bonds is 5. The van der Waals surface area contributed by atoms with Crippen LogP contribution in [0.5, 0.6) is 0 Å². The maximum absolute atomic E-state index is 10.0. The Morgan fingerprint density at radius 2 is 1.41 bits per heavy atom. The molecular formula is C6H15O10P. The van der Waals surface area contributed by atoms with Crippen LogP contribution in [0.4, 0.5) is 0 Å². The zero-order valence-corrected chi connectivity index (χ0v) is 9.38. The second-order valence-electron chi connectivity index (χ2n) is 2.92. The second-order valence-corrected chi connectivity index (χ2v) is 3.95. The van der Waals surface area contributed by atoms with Crippen molar-refractivity contribution in [2.75, 3.05) is 6.61 Å². The summed E-state index contributed by atoms with van der Waals surface area (Å²) in [5.74, 6) is -1.47. The number of aliphatic hydroxyl groups excluding tert-OH is 4. The summed E-state index contributed by atoms with van der Waals surface area (Å²) in [6.07, 6.45) is -5.07. The van der Waals surface area contributed by atoms with E-state index in [0.29, 0.717) is 0 Å². The number of carboxylic acids is 1. The van der Waals surface area contributed by atoms with Crippen LogP contribution in [0.1, 0.15) is 6.42 Å². The zero-order chi connectivity index (χ0) is 14.2. The van der Waals surface area contributed by atoms with Gasteiger partial charge in [0, 0.05) is 6.42 Å². The number of aliphatic carboxylic acids is 1. The zero-order valence-electron chi connectivity index (χ0n) is 8.49. The molecule has 0 bridgehead atoms. The lowest BCUT2D eigenvalue weighted by Gasteiger charge is -2.16. The van der Waals surface area contributed by atoms with Crippen LogP contribution < -0.4 is 0 Å². The first-order valence-corrected chi connectivity index (χ1v) is 5.71. The quantitative estimate of drug-likeness (QED) is 0.235. The van der Waals surface area contributed by atoms with Crippen LogP contribution in [-0.4, -0.2) is 71.1 Å². The highest BCUT2D eigenvalue weighted by atomic mass is 31.2. The minimum Gasteiger partial charge on any atom is -0.479 e. The van der Waals surface area contributed by atoms with E-state index in [2.05, 4.69) is 0 Å². The third kappa shape index (κ3) is 15.4. The van der Waals surface area contributed by atoms with E-state index in [0.717, 1.165) is 0 Å². The molecule has 17 heavy (non-hydrogen) atoms. The fraction of sp³-hybridized carbons (Fsp3) is 0.833. The maximum Gasteiger partial charge on any atom is 0.466 e. The van der Waals surface area contributed by atoms with Crippen molar-refractivity contribution in [2.45, 2.75) is 24.7 Å². The van der Waals surface area contributed by atoms with E-state index in [4.69, 9.17) is 44.8 Å². The molecule has 0 fully saturated rings. The van der Waals surface area contributed by atoms with E-state index in [1.165, 1.54) is 0 Å². The first-order valence-electron chi connectivity index (χ1n) is 4.15. The summed E-state index contributed by atoms with van der Waals surface area (Å²) >= 11 is 0. The third-order valence-electron chi connectivity index (χ3n) is 1.38. The van der Waals surface area contributed by atoms with E-state index in [-0.39, 0.29) is 0 Å². The largest absolute Gasteiger partial charge is 0.479 e. The minimum absolute atomic E-state index is 0.503. The highest BCUT2D eigenvalue weighted by molar-refractivity contribution is 7.45. The van der Waals surface area contributed by atoms with Gasteiger partial charge < -0.3 is 40.2 Å². The molecule has 0 aliphatic carbocycles. The standard InChI is InChI=1S/C6H12O6.H3O4P/c7-2-5(10)3(8)1-4(9)6(11)12;1-5(2,3)4/h3-5,7-10H,1-2H2,(H,11,12);(H3,1,2,3,4)/t3-,4-,5-;/m1./s1. The Bertz CT molecular complexity index is 253. The molecule has 0 rings (SSSR count). The van der Waals surface area contributed by atoms with Crippen LogP contribution in [0, 0.1) is 0 Å². The van der Waals surface area contributed by atoms with Gasteiger partial charge in [-0.3, -0.25) is 0 Å². The molecule has 0 unspecified atom stereocenters. The summed E-state index contributed by atoms with van der Waals surface area (Å²) in [5, 5.41) is 42.8. The highest BCUT2D eigenvalue weighted by Crippen LogP contribution is 2.25. The third-order valence-corrected chi connectivity index (χ3v) is 1.38. The lowest BCUT2D eigenvalue weighted by atomic mass is 10.1. The van der Waals surface area contributed by atoms with Gasteiger partial charge in [0.2, 0.25) is 0 Å². The van der Waals surface area contributed by atoms with Gasteiger partial charge in [0.25, 0.3) is 0 Å². The second kappa shape index (κ2) is 8.50. The monoisotopic (exact) mass is 278 g/mol. The molecule has 0 aromatic rings. The van der Waals surface area contributed by atoms with Gasteiger partial charge in [-0.05, 0) is 0 Å². The molecule has 104 valence electrons. The summed E-state index contributed by atoms with van der Waals surface area (Å²) in [7, 11) is -4.64. The van der Waals surface area contributed by atoms with Gasteiger partial charge in [-0.15, -0.1) is 0 Å². The lowest BCUT2D eigenvalue weighted by molar-refractivity contribution is -0.149. The van der Waals surface area contributed by atoms with Crippen LogP contribution in [0.3, 0.4) is 0 Å². The number of aliphatic hydroxyl groups is 4. The molecule has 0 radical (unpaired) electrons. The first kappa shape index (κ1) is 18.8. The number of carboxylic acid groups (broad SMARTS) is 1. The van der Waals surface area contributed by atoms with Crippen LogP contribution in [-0.2, 0) is 9.36 Å². The molecule has 0 aliphatic rings. The Hall–Kier alpha value is -0.580. The summed E-state index contributed by atoms with van der Waals surface area (Å²) in [6, 6.07) is 0. The van der Waals surface area contributed by atoms with Crippen molar-refractivity contribution in [1.29, 1.82) is 0 Å². The van der Waals surface area contributed by atoms with Gasteiger partial charge in [-0.1, -0.05) is 0 Å². The van der Waals surface area contributed by atoms with Crippen molar-refractivity contribution < 1.29 is 49.6 Å². The molecule has 0 aromatic heterocycles. The summed E-state index contributed by atoms with van der Waals surface area (Å²) in [4.78, 5) is 31.6. The SMILES string of the molecule is O=C(O)[C@H](O)C[C@@H](O)[C@H](O)CO.O=P(O)(O)O. The van der Waals surface area contributed by atoms with Crippen molar-refractivity contribution in [2.24, 2.45) is 0 Å². The summed E-state index contributed by atoms with van der Waals surface area (Å²) < 4.78 is 8.88. The van der Waals surface area contributed by atoms with Gasteiger partial charge >= 0.3 is 13.8 Å². The van der Waals surface area contributed by atoms with E-state index in [1.807, 2.05) is 0 Å². The molecule has 0 saturated carbocycles. The average Bonchev–Trinajstić information content (AvgIpc) is 2.13. The molecule has 0 amide bonds. The van der Waals surface area contributed by atoms with Crippen LogP contribution in [0.15, 0.2) is 0 Å². The molecular weight excluding hydrogens is 263 g/mol. The van der Waals surface area contributed by atoms with Gasteiger partial charge in [0.05, 0.1) is 12.7 Å². The van der Waals surface area contributed by atoms with E-state index in [1.54, 1.807) is 0 Å². The Morgan fingerprint density at radius 3 is 1.65 bits per heavy atom. The minimum atomic E-state index is -4.64. The number of carbonyl (C=O) groups is 1. The Labute approximate surface area is 95.6 Å². The summed E-state index contributed by atoms with van der Waals surface area (Å²) in [5.41, 5.74) is 0. The Kier molecular flexibility index (Phi) is 9.39. The van der Waals surface area contributed by atoms with E-state index < -0.39 is 45.1 Å². The van der Waals surface area contributed by atoms with Gasteiger partial charge in [0.1, 0.15) is 6.10 Å². The number of phosphoric acid groups is 1. The van der Waals surface area contributed by atoms with Crippen molar-refractivity contribution in [3.05, 3.63) is 0 Å². The topological polar surface area (TPSA) is 196 Å². The number of hydrogen-bond donors (Lipinski definition) is 8. The Balaban J connectivity index is 0.